The first-order chi connectivity index (χ1) is 15.1. The summed E-state index contributed by atoms with van der Waals surface area (Å²) < 4.78 is 10.5. The van der Waals surface area contributed by atoms with Crippen LogP contribution in [-0.4, -0.2) is 43.2 Å². The van der Waals surface area contributed by atoms with E-state index in [4.69, 9.17) is 4.74 Å². The van der Waals surface area contributed by atoms with Crippen molar-refractivity contribution in [2.24, 2.45) is 14.1 Å². The smallest absolute Gasteiger partial charge is 0.256 e. The number of aryl methyl sites for hydroxylation is 2. The molecule has 2 aliphatic heterocycles. The third kappa shape index (κ3) is 2.55. The molecule has 7 heteroatoms. The number of carbonyl (C=O) groups is 1. The Kier molecular flexibility index (Phi) is 3.78. The average molecular weight is 413 g/mol. The topological polar surface area (TPSA) is 65.2 Å². The molecule has 0 radical (unpaired) electrons. The highest BCUT2D eigenvalue weighted by atomic mass is 16.5. The fraction of sp³-hybridized carbons (Fsp3) is 0.292. The lowest BCUT2D eigenvalue weighted by Gasteiger charge is -2.44. The summed E-state index contributed by atoms with van der Waals surface area (Å²) in [6.07, 6.45) is 5.13. The first-order valence-corrected chi connectivity index (χ1v) is 10.6. The average Bonchev–Trinajstić information content (AvgIpc) is 3.38. The molecule has 0 saturated carbocycles. The van der Waals surface area contributed by atoms with E-state index < -0.39 is 5.60 Å². The van der Waals surface area contributed by atoms with Crippen molar-refractivity contribution in [3.05, 3.63) is 66.1 Å². The number of aromatic nitrogens is 4. The van der Waals surface area contributed by atoms with Crippen molar-refractivity contribution in [3.8, 4) is 17.0 Å². The molecule has 2 aromatic heterocycles. The van der Waals surface area contributed by atoms with Crippen LogP contribution in [0.2, 0.25) is 0 Å². The number of imidazole rings is 1. The molecule has 1 saturated heterocycles. The largest absolute Gasteiger partial charge is 0.482 e. The fourth-order valence-corrected chi connectivity index (χ4v) is 5.05. The Morgan fingerprint density at radius 2 is 1.87 bits per heavy atom. The molecule has 2 aliphatic rings. The van der Waals surface area contributed by atoms with Gasteiger partial charge in [-0.1, -0.05) is 18.2 Å². The Bertz CT molecular complexity index is 1330. The highest BCUT2D eigenvalue weighted by molar-refractivity contribution is 6.05. The van der Waals surface area contributed by atoms with E-state index in [1.54, 1.807) is 6.33 Å². The number of carbonyl (C=O) groups excluding carboxylic acids is 1. The molecular formula is C24H23N5O2. The van der Waals surface area contributed by atoms with Crippen LogP contribution in [0.5, 0.6) is 5.75 Å². The van der Waals surface area contributed by atoms with Gasteiger partial charge >= 0.3 is 0 Å². The number of rotatable bonds is 1. The highest BCUT2D eigenvalue weighted by Gasteiger charge is 2.46. The summed E-state index contributed by atoms with van der Waals surface area (Å²) >= 11 is 0. The van der Waals surface area contributed by atoms with E-state index in [1.807, 2.05) is 70.8 Å². The van der Waals surface area contributed by atoms with Gasteiger partial charge in [-0.25, -0.2) is 4.98 Å². The van der Waals surface area contributed by atoms with Gasteiger partial charge in [0.2, 0.25) is 0 Å². The quantitative estimate of drug-likeness (QED) is 0.479. The van der Waals surface area contributed by atoms with E-state index in [0.717, 1.165) is 46.4 Å². The van der Waals surface area contributed by atoms with E-state index in [-0.39, 0.29) is 5.91 Å². The van der Waals surface area contributed by atoms with Crippen molar-refractivity contribution in [2.75, 3.05) is 13.1 Å². The van der Waals surface area contributed by atoms with E-state index in [9.17, 15) is 4.79 Å². The van der Waals surface area contributed by atoms with Crippen LogP contribution in [0, 0.1) is 0 Å². The molecule has 7 nitrogen and oxygen atoms in total. The van der Waals surface area contributed by atoms with Gasteiger partial charge in [0.25, 0.3) is 5.91 Å². The zero-order valence-corrected chi connectivity index (χ0v) is 17.6. The van der Waals surface area contributed by atoms with Crippen molar-refractivity contribution < 1.29 is 9.53 Å². The number of amides is 1. The van der Waals surface area contributed by atoms with E-state index in [1.165, 1.54) is 0 Å². The third-order valence-electron chi connectivity index (χ3n) is 6.72. The van der Waals surface area contributed by atoms with Crippen LogP contribution in [0.1, 0.15) is 28.8 Å². The summed E-state index contributed by atoms with van der Waals surface area (Å²) in [5.41, 5.74) is 5.23. The normalized spacial score (nSPS) is 16.8. The van der Waals surface area contributed by atoms with Crippen LogP contribution in [0.25, 0.3) is 22.3 Å². The summed E-state index contributed by atoms with van der Waals surface area (Å²) in [6.45, 7) is 1.25. The van der Waals surface area contributed by atoms with Crippen molar-refractivity contribution in [2.45, 2.75) is 18.4 Å². The second kappa shape index (κ2) is 6.44. The minimum Gasteiger partial charge on any atom is -0.482 e. The molecule has 0 atom stereocenters. The summed E-state index contributed by atoms with van der Waals surface area (Å²) in [5.74, 6) is 0.915. The van der Waals surface area contributed by atoms with Gasteiger partial charge in [-0.3, -0.25) is 9.48 Å². The SMILES string of the molecule is Cn1ncc2c1-c1ccccc1OC21CCN(C(=O)c2cccc3c2ncn3C)CC1. The van der Waals surface area contributed by atoms with E-state index >= 15 is 0 Å². The summed E-state index contributed by atoms with van der Waals surface area (Å²) in [5, 5.41) is 4.53. The van der Waals surface area contributed by atoms with Crippen LogP contribution in [0.3, 0.4) is 0 Å². The predicted octanol–water partition coefficient (Wildman–Crippen LogP) is 3.50. The van der Waals surface area contributed by atoms with Crippen LogP contribution < -0.4 is 4.74 Å². The van der Waals surface area contributed by atoms with E-state index in [2.05, 4.69) is 16.1 Å². The van der Waals surface area contributed by atoms with Gasteiger partial charge in [0.05, 0.1) is 29.3 Å². The minimum absolute atomic E-state index is 0.0294. The van der Waals surface area contributed by atoms with Crippen LogP contribution in [0.15, 0.2) is 55.0 Å². The number of nitrogens with zero attached hydrogens (tertiary/aromatic N) is 5. The standard InChI is InChI=1S/C24H23N5O2/c1-27-15-25-21-17(7-5-8-19(21)27)23(30)29-12-10-24(11-13-29)18-14-26-28(2)22(18)16-6-3-4-9-20(16)31-24/h3-9,14-15H,10-13H2,1-2H3. The molecule has 0 aliphatic carbocycles. The van der Waals surface area contributed by atoms with Gasteiger partial charge in [0, 0.05) is 51.2 Å². The number of likely N-dealkylation sites (tertiary alicyclic amines) is 1. The van der Waals surface area contributed by atoms with Gasteiger partial charge in [-0.05, 0) is 24.3 Å². The minimum atomic E-state index is -0.453. The molecule has 0 N–H and O–H groups in total. The Morgan fingerprint density at radius 1 is 1.06 bits per heavy atom. The number of para-hydroxylation sites is 2. The van der Waals surface area contributed by atoms with Gasteiger partial charge < -0.3 is 14.2 Å². The van der Waals surface area contributed by atoms with Gasteiger partial charge in [-0.15, -0.1) is 0 Å². The van der Waals surface area contributed by atoms with E-state index in [0.29, 0.717) is 18.7 Å². The molecule has 2 aromatic carbocycles. The maximum Gasteiger partial charge on any atom is 0.256 e. The number of ether oxygens (including phenoxy) is 1. The van der Waals surface area contributed by atoms with Crippen molar-refractivity contribution in [1.29, 1.82) is 0 Å². The molecule has 1 spiro atoms. The highest BCUT2D eigenvalue weighted by Crippen LogP contribution is 2.49. The molecule has 31 heavy (non-hydrogen) atoms. The number of benzene rings is 2. The summed E-state index contributed by atoms with van der Waals surface area (Å²) in [4.78, 5) is 19.7. The lowest BCUT2D eigenvalue weighted by molar-refractivity contribution is -0.00166. The lowest BCUT2D eigenvalue weighted by atomic mass is 9.81. The van der Waals surface area contributed by atoms with Crippen LogP contribution in [-0.2, 0) is 19.7 Å². The zero-order valence-electron chi connectivity index (χ0n) is 17.6. The molecule has 0 bridgehead atoms. The molecule has 0 unspecified atom stereocenters. The number of hydrogen-bond donors (Lipinski definition) is 0. The Hall–Kier alpha value is -3.61. The van der Waals surface area contributed by atoms with Crippen LogP contribution in [0.4, 0.5) is 0 Å². The Balaban J connectivity index is 1.31. The first kappa shape index (κ1) is 18.2. The van der Waals surface area contributed by atoms with Gasteiger partial charge in [0.15, 0.2) is 0 Å². The molecule has 4 heterocycles. The number of hydrogen-bond acceptors (Lipinski definition) is 4. The second-order valence-electron chi connectivity index (χ2n) is 8.44. The van der Waals surface area contributed by atoms with Crippen molar-refractivity contribution in [3.63, 3.8) is 0 Å². The van der Waals surface area contributed by atoms with Crippen molar-refractivity contribution in [1.82, 2.24) is 24.2 Å². The maximum atomic E-state index is 13.4. The Morgan fingerprint density at radius 3 is 2.71 bits per heavy atom. The molecular weight excluding hydrogens is 390 g/mol. The maximum absolute atomic E-state index is 13.4. The summed E-state index contributed by atoms with van der Waals surface area (Å²) in [7, 11) is 3.92. The van der Waals surface area contributed by atoms with Crippen LogP contribution >= 0.6 is 0 Å². The zero-order chi connectivity index (χ0) is 21.2. The lowest BCUT2D eigenvalue weighted by Crippen LogP contribution is -2.49. The van der Waals surface area contributed by atoms with Gasteiger partial charge in [0.1, 0.15) is 16.9 Å². The number of fused-ring (bicyclic) bond motifs is 5. The Labute approximate surface area is 179 Å². The third-order valence-corrected chi connectivity index (χ3v) is 6.72. The molecule has 6 rings (SSSR count). The second-order valence-corrected chi connectivity index (χ2v) is 8.44. The molecule has 1 amide bonds. The summed E-state index contributed by atoms with van der Waals surface area (Å²) in [6, 6.07) is 13.9. The van der Waals surface area contributed by atoms with Crippen molar-refractivity contribution >= 4 is 16.9 Å². The fourth-order valence-electron chi connectivity index (χ4n) is 5.05. The molecule has 1 fully saturated rings. The number of piperidine rings is 1. The van der Waals surface area contributed by atoms with Gasteiger partial charge in [-0.2, -0.15) is 5.10 Å². The molecule has 156 valence electrons. The monoisotopic (exact) mass is 413 g/mol. The first-order valence-electron chi connectivity index (χ1n) is 10.6. The molecule has 4 aromatic rings. The predicted molar refractivity (Wildman–Crippen MR) is 117 cm³/mol.